The summed E-state index contributed by atoms with van der Waals surface area (Å²) in [6.07, 6.45) is 7.25. The Balaban J connectivity index is 1.77. The van der Waals surface area contributed by atoms with Gasteiger partial charge in [-0.3, -0.25) is 0 Å². The topological polar surface area (TPSA) is 21.7 Å². The lowest BCUT2D eigenvalue weighted by atomic mass is 9.78. The SMILES string of the molecule is C=CCC(C)C(SN(Cc1ccc(OC)cc1)Cc1ccc(OC)cc1)C1CCC1. The molecule has 1 saturated carbocycles. The van der Waals surface area contributed by atoms with Crippen LogP contribution in [0, 0.1) is 11.8 Å². The number of methoxy groups -OCH3 is 2. The number of ether oxygens (including phenoxy) is 2. The Hall–Kier alpha value is -1.91. The minimum atomic E-state index is 0.632. The minimum Gasteiger partial charge on any atom is -0.497 e. The molecule has 0 amide bonds. The summed E-state index contributed by atoms with van der Waals surface area (Å²) in [5.41, 5.74) is 2.61. The molecule has 4 heteroatoms. The molecule has 0 radical (unpaired) electrons. The largest absolute Gasteiger partial charge is 0.497 e. The van der Waals surface area contributed by atoms with Crippen LogP contribution in [0.4, 0.5) is 0 Å². The number of nitrogens with zero attached hydrogens (tertiary/aromatic N) is 1. The molecule has 2 aromatic rings. The van der Waals surface area contributed by atoms with Crippen molar-refractivity contribution in [1.82, 2.24) is 4.31 Å². The third kappa shape index (κ3) is 6.29. The van der Waals surface area contributed by atoms with Crippen LogP contribution in [0.2, 0.25) is 0 Å². The lowest BCUT2D eigenvalue weighted by Gasteiger charge is -2.39. The van der Waals surface area contributed by atoms with Gasteiger partial charge in [0, 0.05) is 18.3 Å². The van der Waals surface area contributed by atoms with E-state index in [0.29, 0.717) is 11.2 Å². The highest BCUT2D eigenvalue weighted by Crippen LogP contribution is 2.42. The lowest BCUT2D eigenvalue weighted by Crippen LogP contribution is -2.33. The van der Waals surface area contributed by atoms with Gasteiger partial charge in [0.15, 0.2) is 0 Å². The summed E-state index contributed by atoms with van der Waals surface area (Å²) in [4.78, 5) is 0. The van der Waals surface area contributed by atoms with Gasteiger partial charge in [0.05, 0.1) is 14.2 Å². The molecule has 3 nitrogen and oxygen atoms in total. The molecule has 0 spiro atoms. The molecule has 30 heavy (non-hydrogen) atoms. The van der Waals surface area contributed by atoms with Crippen molar-refractivity contribution < 1.29 is 9.47 Å². The van der Waals surface area contributed by atoms with Crippen LogP contribution in [0.25, 0.3) is 0 Å². The molecule has 1 fully saturated rings. The van der Waals surface area contributed by atoms with Crippen molar-refractivity contribution in [1.29, 1.82) is 0 Å². The zero-order valence-corrected chi connectivity index (χ0v) is 19.4. The predicted molar refractivity (Wildman–Crippen MR) is 128 cm³/mol. The van der Waals surface area contributed by atoms with Gasteiger partial charge in [-0.15, -0.1) is 6.58 Å². The van der Waals surface area contributed by atoms with Crippen molar-refractivity contribution in [3.8, 4) is 11.5 Å². The average molecular weight is 426 g/mol. The molecule has 1 aliphatic carbocycles. The fraction of sp³-hybridized carbons (Fsp3) is 0.462. The number of hydrogen-bond acceptors (Lipinski definition) is 4. The highest BCUT2D eigenvalue weighted by atomic mass is 32.2. The Morgan fingerprint density at radius 3 is 1.83 bits per heavy atom. The van der Waals surface area contributed by atoms with E-state index >= 15 is 0 Å². The predicted octanol–water partition coefficient (Wildman–Crippen LogP) is 6.74. The number of hydrogen-bond donors (Lipinski definition) is 0. The fourth-order valence-corrected chi connectivity index (χ4v) is 5.55. The van der Waals surface area contributed by atoms with Crippen LogP contribution in [-0.2, 0) is 13.1 Å². The van der Waals surface area contributed by atoms with Crippen LogP contribution in [0.15, 0.2) is 61.2 Å². The highest BCUT2D eigenvalue weighted by Gasteiger charge is 2.33. The number of allylic oxidation sites excluding steroid dienone is 1. The zero-order chi connectivity index (χ0) is 21.3. The van der Waals surface area contributed by atoms with Crippen molar-refractivity contribution in [2.45, 2.75) is 50.9 Å². The Morgan fingerprint density at radius 2 is 1.47 bits per heavy atom. The van der Waals surface area contributed by atoms with Crippen molar-refractivity contribution in [2.24, 2.45) is 11.8 Å². The van der Waals surface area contributed by atoms with E-state index in [1.165, 1.54) is 30.4 Å². The average Bonchev–Trinajstić information content (AvgIpc) is 2.73. The first kappa shape index (κ1) is 22.8. The van der Waals surface area contributed by atoms with E-state index in [2.05, 4.69) is 84.4 Å². The van der Waals surface area contributed by atoms with Gasteiger partial charge < -0.3 is 9.47 Å². The molecule has 0 aromatic heterocycles. The summed E-state index contributed by atoms with van der Waals surface area (Å²) >= 11 is 2.05. The second-order valence-corrected chi connectivity index (χ2v) is 9.53. The van der Waals surface area contributed by atoms with Gasteiger partial charge in [0.2, 0.25) is 0 Å². The van der Waals surface area contributed by atoms with Crippen molar-refractivity contribution >= 4 is 11.9 Å². The maximum absolute atomic E-state index is 5.33. The van der Waals surface area contributed by atoms with Gasteiger partial charge in [-0.25, -0.2) is 4.31 Å². The molecule has 3 rings (SSSR count). The van der Waals surface area contributed by atoms with Crippen LogP contribution in [0.1, 0.15) is 43.7 Å². The monoisotopic (exact) mass is 425 g/mol. The summed E-state index contributed by atoms with van der Waals surface area (Å²) in [6.45, 7) is 8.19. The molecule has 0 aliphatic heterocycles. The summed E-state index contributed by atoms with van der Waals surface area (Å²) < 4.78 is 13.2. The van der Waals surface area contributed by atoms with Gasteiger partial charge in [0.1, 0.15) is 11.5 Å². The van der Waals surface area contributed by atoms with E-state index < -0.39 is 0 Å². The van der Waals surface area contributed by atoms with Crippen LogP contribution in [0.5, 0.6) is 11.5 Å². The summed E-state index contributed by atoms with van der Waals surface area (Å²) in [5.74, 6) is 3.26. The quantitative estimate of drug-likeness (QED) is 0.277. The fourth-order valence-electron chi connectivity index (χ4n) is 3.99. The van der Waals surface area contributed by atoms with E-state index in [0.717, 1.165) is 36.9 Å². The van der Waals surface area contributed by atoms with Gasteiger partial charge in [-0.1, -0.05) is 55.6 Å². The van der Waals surface area contributed by atoms with Gasteiger partial charge >= 0.3 is 0 Å². The second kappa shape index (κ2) is 11.5. The van der Waals surface area contributed by atoms with E-state index in [9.17, 15) is 0 Å². The Morgan fingerprint density at radius 1 is 0.967 bits per heavy atom. The van der Waals surface area contributed by atoms with Crippen LogP contribution < -0.4 is 9.47 Å². The number of benzene rings is 2. The van der Waals surface area contributed by atoms with E-state index in [1.807, 2.05) is 0 Å². The molecular weight excluding hydrogens is 390 g/mol. The third-order valence-electron chi connectivity index (χ3n) is 6.02. The molecule has 0 saturated heterocycles. The maximum Gasteiger partial charge on any atom is 0.118 e. The highest BCUT2D eigenvalue weighted by molar-refractivity contribution is 7.97. The van der Waals surface area contributed by atoms with Crippen molar-refractivity contribution in [3.63, 3.8) is 0 Å². The molecule has 2 atom stereocenters. The third-order valence-corrected chi connectivity index (χ3v) is 7.67. The van der Waals surface area contributed by atoms with Crippen LogP contribution in [0.3, 0.4) is 0 Å². The normalized spacial score (nSPS) is 16.0. The summed E-state index contributed by atoms with van der Waals surface area (Å²) in [7, 11) is 3.43. The molecular formula is C26H35NO2S. The van der Waals surface area contributed by atoms with Crippen LogP contribution in [-0.4, -0.2) is 23.8 Å². The van der Waals surface area contributed by atoms with E-state index in [4.69, 9.17) is 9.47 Å². The van der Waals surface area contributed by atoms with Gasteiger partial charge in [0.25, 0.3) is 0 Å². The molecule has 0 N–H and O–H groups in total. The van der Waals surface area contributed by atoms with Crippen molar-refractivity contribution in [3.05, 3.63) is 72.3 Å². The Kier molecular flexibility index (Phi) is 8.71. The van der Waals surface area contributed by atoms with E-state index in [-0.39, 0.29) is 0 Å². The standard InChI is InChI=1S/C26H35NO2S/c1-5-7-20(2)26(23-8-6-9-23)30-27(18-21-10-14-24(28-3)15-11-21)19-22-12-16-25(29-4)17-13-22/h5,10-17,20,23,26H,1,6-9,18-19H2,2-4H3. The first-order valence-electron chi connectivity index (χ1n) is 10.9. The van der Waals surface area contributed by atoms with Gasteiger partial charge in [-0.2, -0.15) is 0 Å². The maximum atomic E-state index is 5.33. The second-order valence-electron chi connectivity index (χ2n) is 8.26. The molecule has 2 aromatic carbocycles. The summed E-state index contributed by atoms with van der Waals surface area (Å²) in [6, 6.07) is 16.9. The molecule has 2 unspecified atom stereocenters. The molecule has 0 heterocycles. The minimum absolute atomic E-state index is 0.632. The van der Waals surface area contributed by atoms with Crippen molar-refractivity contribution in [2.75, 3.05) is 14.2 Å². The first-order chi connectivity index (χ1) is 14.6. The summed E-state index contributed by atoms with van der Waals surface area (Å²) in [5, 5.41) is 0.633. The zero-order valence-electron chi connectivity index (χ0n) is 18.5. The Labute approximate surface area is 186 Å². The molecule has 0 bridgehead atoms. The smallest absolute Gasteiger partial charge is 0.118 e. The van der Waals surface area contributed by atoms with E-state index in [1.54, 1.807) is 14.2 Å². The lowest BCUT2D eigenvalue weighted by molar-refractivity contribution is 0.263. The van der Waals surface area contributed by atoms with Gasteiger partial charge in [-0.05, 0) is 66.5 Å². The number of rotatable bonds is 12. The molecule has 162 valence electrons. The first-order valence-corrected chi connectivity index (χ1v) is 11.7. The van der Waals surface area contributed by atoms with Crippen LogP contribution >= 0.6 is 11.9 Å². The molecule has 1 aliphatic rings. The Bertz CT molecular complexity index is 721.